The highest BCUT2D eigenvalue weighted by molar-refractivity contribution is 6.30. The summed E-state index contributed by atoms with van der Waals surface area (Å²) in [6, 6.07) is 1.48. The summed E-state index contributed by atoms with van der Waals surface area (Å²) in [6.45, 7) is 2.54. The molecule has 90 valence electrons. The van der Waals surface area contributed by atoms with Gasteiger partial charge in [-0.25, -0.2) is 4.79 Å². The number of hydrogen-bond donors (Lipinski definition) is 1. The molecule has 1 aromatic rings. The Balaban J connectivity index is 3.01. The van der Waals surface area contributed by atoms with Gasteiger partial charge in [0.05, 0.1) is 17.7 Å². The third-order valence-corrected chi connectivity index (χ3v) is 2.62. The Morgan fingerprint density at radius 1 is 1.69 bits per heavy atom. The van der Waals surface area contributed by atoms with E-state index < -0.39 is 5.97 Å². The Morgan fingerprint density at radius 2 is 2.38 bits per heavy atom. The minimum atomic E-state index is -0.968. The van der Waals surface area contributed by atoms with Crippen molar-refractivity contribution in [2.24, 2.45) is 0 Å². The van der Waals surface area contributed by atoms with Crippen LogP contribution in [0.5, 0.6) is 0 Å². The number of aromatic carboxylic acids is 1. The molecule has 0 saturated heterocycles. The molecule has 1 N–H and O–H groups in total. The van der Waals surface area contributed by atoms with Crippen LogP contribution >= 0.6 is 11.6 Å². The number of methoxy groups -OCH3 is 1. The number of carboxylic acids is 1. The van der Waals surface area contributed by atoms with Gasteiger partial charge in [0.25, 0.3) is 0 Å². The fourth-order valence-corrected chi connectivity index (χ4v) is 1.96. The molecule has 0 radical (unpaired) electrons. The average Bonchev–Trinajstić information content (AvgIpc) is 2.60. The highest BCUT2D eigenvalue weighted by atomic mass is 35.5. The van der Waals surface area contributed by atoms with E-state index in [0.717, 1.165) is 12.8 Å². The van der Waals surface area contributed by atoms with E-state index in [1.165, 1.54) is 6.07 Å². The molecule has 16 heavy (non-hydrogen) atoms. The van der Waals surface area contributed by atoms with Gasteiger partial charge in [-0.3, -0.25) is 0 Å². The lowest BCUT2D eigenvalue weighted by Gasteiger charge is -2.18. The SMILES string of the molecule is CCCC(COC)n1cc(Cl)cc1C(=O)O. The first-order valence-electron chi connectivity index (χ1n) is 5.19. The highest BCUT2D eigenvalue weighted by Gasteiger charge is 2.18. The fraction of sp³-hybridized carbons (Fsp3) is 0.545. The molecule has 1 unspecified atom stereocenters. The monoisotopic (exact) mass is 245 g/mol. The first-order chi connectivity index (χ1) is 7.60. The second kappa shape index (κ2) is 5.92. The van der Waals surface area contributed by atoms with Gasteiger partial charge in [0.2, 0.25) is 0 Å². The van der Waals surface area contributed by atoms with E-state index in [4.69, 9.17) is 21.4 Å². The summed E-state index contributed by atoms with van der Waals surface area (Å²) in [7, 11) is 1.61. The van der Waals surface area contributed by atoms with Gasteiger partial charge in [-0.15, -0.1) is 0 Å². The first kappa shape index (κ1) is 13.1. The summed E-state index contributed by atoms with van der Waals surface area (Å²) < 4.78 is 6.78. The summed E-state index contributed by atoms with van der Waals surface area (Å²) in [5.41, 5.74) is 0.209. The fourth-order valence-electron chi connectivity index (χ4n) is 1.75. The molecular weight excluding hydrogens is 230 g/mol. The van der Waals surface area contributed by atoms with Crippen LogP contribution in [0.4, 0.5) is 0 Å². The van der Waals surface area contributed by atoms with Crippen molar-refractivity contribution in [2.45, 2.75) is 25.8 Å². The van der Waals surface area contributed by atoms with Gasteiger partial charge < -0.3 is 14.4 Å². The number of ether oxygens (including phenoxy) is 1. The molecule has 0 fully saturated rings. The molecule has 0 aromatic carbocycles. The zero-order chi connectivity index (χ0) is 12.1. The number of rotatable bonds is 6. The summed E-state index contributed by atoms with van der Waals surface area (Å²) >= 11 is 5.83. The smallest absolute Gasteiger partial charge is 0.352 e. The van der Waals surface area contributed by atoms with Crippen molar-refractivity contribution in [1.82, 2.24) is 4.57 Å². The predicted molar refractivity (Wildman–Crippen MR) is 62.2 cm³/mol. The van der Waals surface area contributed by atoms with Crippen molar-refractivity contribution >= 4 is 17.6 Å². The minimum Gasteiger partial charge on any atom is -0.477 e. The maximum Gasteiger partial charge on any atom is 0.352 e. The molecular formula is C11H16ClNO3. The number of carboxylic acid groups (broad SMARTS) is 1. The molecule has 0 aliphatic rings. The first-order valence-corrected chi connectivity index (χ1v) is 5.57. The van der Waals surface area contributed by atoms with Crippen molar-refractivity contribution in [1.29, 1.82) is 0 Å². The molecule has 4 nitrogen and oxygen atoms in total. The Labute approximate surface area is 99.8 Å². The standard InChI is InChI=1S/C11H16ClNO3/c1-3-4-9(7-16-2)13-6-8(12)5-10(13)11(14)15/h5-6,9H,3-4,7H2,1-2H3,(H,14,15). The summed E-state index contributed by atoms with van der Waals surface area (Å²) in [5, 5.41) is 9.48. The van der Waals surface area contributed by atoms with E-state index in [0.29, 0.717) is 11.6 Å². The number of aromatic nitrogens is 1. The van der Waals surface area contributed by atoms with Crippen LogP contribution in [0.3, 0.4) is 0 Å². The van der Waals surface area contributed by atoms with Crippen molar-refractivity contribution in [3.8, 4) is 0 Å². The second-order valence-electron chi connectivity index (χ2n) is 3.65. The van der Waals surface area contributed by atoms with Crippen LogP contribution in [-0.4, -0.2) is 29.4 Å². The molecule has 1 heterocycles. The maximum atomic E-state index is 11.0. The summed E-state index contributed by atoms with van der Waals surface area (Å²) in [5.74, 6) is -0.968. The topological polar surface area (TPSA) is 51.5 Å². The van der Waals surface area contributed by atoms with Crippen LogP contribution in [0.15, 0.2) is 12.3 Å². The van der Waals surface area contributed by atoms with E-state index in [9.17, 15) is 4.79 Å². The summed E-state index contributed by atoms with van der Waals surface area (Å²) in [6.07, 6.45) is 3.46. The number of carbonyl (C=O) groups is 1. The van der Waals surface area contributed by atoms with E-state index in [1.54, 1.807) is 17.9 Å². The lowest BCUT2D eigenvalue weighted by molar-refractivity contribution is 0.0675. The zero-order valence-corrected chi connectivity index (χ0v) is 10.2. The van der Waals surface area contributed by atoms with E-state index in [-0.39, 0.29) is 11.7 Å². The van der Waals surface area contributed by atoms with Gasteiger partial charge >= 0.3 is 5.97 Å². The Bertz CT molecular complexity index is 356. The Kier molecular flexibility index (Phi) is 4.83. The van der Waals surface area contributed by atoms with Crippen LogP contribution in [-0.2, 0) is 4.74 Å². The lowest BCUT2D eigenvalue weighted by Crippen LogP contribution is -2.18. The van der Waals surface area contributed by atoms with Crippen LogP contribution in [0, 0.1) is 0 Å². The van der Waals surface area contributed by atoms with Crippen LogP contribution < -0.4 is 0 Å². The zero-order valence-electron chi connectivity index (χ0n) is 9.44. The van der Waals surface area contributed by atoms with E-state index >= 15 is 0 Å². The van der Waals surface area contributed by atoms with Gasteiger partial charge in [0, 0.05) is 13.3 Å². The number of halogens is 1. The Morgan fingerprint density at radius 3 is 2.88 bits per heavy atom. The van der Waals surface area contributed by atoms with Gasteiger partial charge in [-0.1, -0.05) is 24.9 Å². The van der Waals surface area contributed by atoms with E-state index in [2.05, 4.69) is 0 Å². The molecule has 1 atom stereocenters. The number of hydrogen-bond acceptors (Lipinski definition) is 2. The third kappa shape index (κ3) is 3.00. The molecule has 0 aliphatic heterocycles. The normalized spacial score (nSPS) is 12.7. The van der Waals surface area contributed by atoms with Crippen LogP contribution in [0.1, 0.15) is 36.3 Å². The number of nitrogens with zero attached hydrogens (tertiary/aromatic N) is 1. The molecule has 0 spiro atoms. The predicted octanol–water partition coefficient (Wildman–Crippen LogP) is 2.83. The molecule has 0 amide bonds. The minimum absolute atomic E-state index is 0.0219. The third-order valence-electron chi connectivity index (χ3n) is 2.41. The molecule has 0 bridgehead atoms. The Hall–Kier alpha value is -1.00. The van der Waals surface area contributed by atoms with Crippen LogP contribution in [0.2, 0.25) is 5.02 Å². The highest BCUT2D eigenvalue weighted by Crippen LogP contribution is 2.22. The quantitative estimate of drug-likeness (QED) is 0.839. The van der Waals surface area contributed by atoms with Crippen molar-refractivity contribution in [3.63, 3.8) is 0 Å². The largest absolute Gasteiger partial charge is 0.477 e. The van der Waals surface area contributed by atoms with Gasteiger partial charge in [-0.2, -0.15) is 0 Å². The second-order valence-corrected chi connectivity index (χ2v) is 4.09. The van der Waals surface area contributed by atoms with Gasteiger partial charge in [0.15, 0.2) is 0 Å². The molecule has 1 rings (SSSR count). The molecule has 0 saturated carbocycles. The molecule has 5 heteroatoms. The van der Waals surface area contributed by atoms with Crippen LogP contribution in [0.25, 0.3) is 0 Å². The van der Waals surface area contributed by atoms with Gasteiger partial charge in [0.1, 0.15) is 5.69 Å². The van der Waals surface area contributed by atoms with Gasteiger partial charge in [-0.05, 0) is 12.5 Å². The van der Waals surface area contributed by atoms with E-state index in [1.807, 2.05) is 6.92 Å². The lowest BCUT2D eigenvalue weighted by atomic mass is 10.1. The summed E-state index contributed by atoms with van der Waals surface area (Å²) in [4.78, 5) is 11.0. The molecule has 0 aliphatic carbocycles. The maximum absolute atomic E-state index is 11.0. The molecule has 1 aromatic heterocycles. The van der Waals surface area contributed by atoms with Crippen molar-refractivity contribution in [3.05, 3.63) is 23.0 Å². The average molecular weight is 246 g/mol. The van der Waals surface area contributed by atoms with Crippen molar-refractivity contribution in [2.75, 3.05) is 13.7 Å². The van der Waals surface area contributed by atoms with Crippen molar-refractivity contribution < 1.29 is 14.6 Å².